The van der Waals surface area contributed by atoms with Gasteiger partial charge < -0.3 is 10.2 Å². The molecule has 0 aromatic heterocycles. The van der Waals surface area contributed by atoms with Crippen molar-refractivity contribution in [1.82, 2.24) is 10.2 Å². The van der Waals surface area contributed by atoms with Gasteiger partial charge in [0.05, 0.1) is 19.3 Å². The molecule has 0 amide bonds. The molecule has 0 aliphatic carbocycles. The molecule has 1 rings (SSSR count). The summed E-state index contributed by atoms with van der Waals surface area (Å²) >= 11 is 0. The number of hydrogen-bond acceptors (Lipinski definition) is 3. The zero-order chi connectivity index (χ0) is 8.81. The molecular formula is C8H17N2O2. The molecule has 0 aromatic carbocycles. The van der Waals surface area contributed by atoms with Gasteiger partial charge in [-0.3, -0.25) is 4.90 Å². The summed E-state index contributed by atoms with van der Waals surface area (Å²) in [4.78, 5) is 2.11. The van der Waals surface area contributed by atoms with Crippen molar-refractivity contribution in [2.45, 2.75) is 12.5 Å². The molecule has 0 atom stereocenters. The highest BCUT2D eigenvalue weighted by Crippen LogP contribution is 2.02. The number of aliphatic hydroxyl groups is 2. The third-order valence-corrected chi connectivity index (χ3v) is 2.24. The van der Waals surface area contributed by atoms with Gasteiger partial charge in [0.25, 0.3) is 0 Å². The van der Waals surface area contributed by atoms with Crippen LogP contribution in [0, 0.1) is 0 Å². The molecule has 1 heterocycles. The van der Waals surface area contributed by atoms with Gasteiger partial charge in [-0.1, -0.05) is 0 Å². The summed E-state index contributed by atoms with van der Waals surface area (Å²) < 4.78 is 0. The Kier molecular flexibility index (Phi) is 4.53. The maximum atomic E-state index is 8.94. The molecule has 1 fully saturated rings. The van der Waals surface area contributed by atoms with E-state index < -0.39 is 0 Å². The predicted molar refractivity (Wildman–Crippen MR) is 46.0 cm³/mol. The fraction of sp³-hybridized carbons (Fsp3) is 1.00. The van der Waals surface area contributed by atoms with Crippen LogP contribution < -0.4 is 5.32 Å². The van der Waals surface area contributed by atoms with Crippen LogP contribution in [0.3, 0.4) is 0 Å². The van der Waals surface area contributed by atoms with Gasteiger partial charge in [0.15, 0.2) is 0 Å². The zero-order valence-electron chi connectivity index (χ0n) is 7.32. The molecule has 71 valence electrons. The average Bonchev–Trinajstić information content (AvgIpc) is 2.35. The van der Waals surface area contributed by atoms with Gasteiger partial charge in [-0.2, -0.15) is 0 Å². The Hall–Kier alpha value is -0.160. The molecule has 0 spiro atoms. The molecule has 1 aliphatic heterocycles. The predicted octanol–water partition coefficient (Wildman–Crippen LogP) is -1.35. The Bertz CT molecular complexity index is 110. The highest BCUT2D eigenvalue weighted by molar-refractivity contribution is 4.73. The number of rotatable bonds is 3. The molecular weight excluding hydrogens is 156 g/mol. The maximum Gasteiger partial charge on any atom is 0.0609 e. The summed E-state index contributed by atoms with van der Waals surface area (Å²) in [6.07, 6.45) is 1.04. The molecule has 4 heteroatoms. The van der Waals surface area contributed by atoms with E-state index in [9.17, 15) is 0 Å². The molecule has 0 saturated carbocycles. The van der Waals surface area contributed by atoms with E-state index in [1.165, 1.54) is 0 Å². The topological polar surface area (TPSA) is 57.8 Å². The molecule has 12 heavy (non-hydrogen) atoms. The molecule has 0 aromatic rings. The first kappa shape index (κ1) is 9.92. The fourth-order valence-corrected chi connectivity index (χ4v) is 1.46. The lowest BCUT2D eigenvalue weighted by atomic mass is 10.2. The molecule has 1 radical (unpaired) electrons. The van der Waals surface area contributed by atoms with Gasteiger partial charge in [-0.05, 0) is 13.0 Å². The van der Waals surface area contributed by atoms with Crippen molar-refractivity contribution in [2.24, 2.45) is 0 Å². The van der Waals surface area contributed by atoms with Crippen LogP contribution in [0.5, 0.6) is 0 Å². The Morgan fingerprint density at radius 1 is 1.17 bits per heavy atom. The summed E-state index contributed by atoms with van der Waals surface area (Å²) in [7, 11) is 0. The van der Waals surface area contributed by atoms with Gasteiger partial charge in [0.2, 0.25) is 0 Å². The highest BCUT2D eigenvalue weighted by Gasteiger charge is 2.17. The van der Waals surface area contributed by atoms with Crippen LogP contribution in [0.4, 0.5) is 0 Å². The summed E-state index contributed by atoms with van der Waals surface area (Å²) in [5, 5.41) is 22.1. The minimum absolute atomic E-state index is 0.0382. The van der Waals surface area contributed by atoms with Gasteiger partial charge in [-0.25, -0.2) is 5.32 Å². The van der Waals surface area contributed by atoms with Crippen LogP contribution in [-0.2, 0) is 0 Å². The second-order valence-corrected chi connectivity index (χ2v) is 3.08. The van der Waals surface area contributed by atoms with E-state index in [4.69, 9.17) is 10.2 Å². The van der Waals surface area contributed by atoms with Crippen molar-refractivity contribution < 1.29 is 10.2 Å². The van der Waals surface area contributed by atoms with Crippen molar-refractivity contribution in [3.05, 3.63) is 0 Å². The smallest absolute Gasteiger partial charge is 0.0609 e. The standard InChI is InChI=1S/C8H17N2O2/c11-6-8(7-12)10-4-1-2-9-3-5-10/h8,11-12H,1-7H2. The van der Waals surface area contributed by atoms with Crippen molar-refractivity contribution >= 4 is 0 Å². The Balaban J connectivity index is 2.35. The van der Waals surface area contributed by atoms with Crippen molar-refractivity contribution in [3.63, 3.8) is 0 Å². The first-order valence-corrected chi connectivity index (χ1v) is 4.47. The van der Waals surface area contributed by atoms with Crippen LogP contribution in [-0.4, -0.2) is 60.5 Å². The quantitative estimate of drug-likeness (QED) is 0.555. The summed E-state index contributed by atoms with van der Waals surface area (Å²) in [6, 6.07) is -0.0849. The Labute approximate surface area is 73.2 Å². The largest absolute Gasteiger partial charge is 0.395 e. The summed E-state index contributed by atoms with van der Waals surface area (Å²) in [5.41, 5.74) is 0. The third-order valence-electron chi connectivity index (χ3n) is 2.24. The number of aliphatic hydroxyl groups excluding tert-OH is 2. The number of nitrogens with zero attached hydrogens (tertiary/aromatic N) is 2. The lowest BCUT2D eigenvalue weighted by molar-refractivity contribution is 0.0784. The van der Waals surface area contributed by atoms with Gasteiger partial charge in [-0.15, -0.1) is 0 Å². The second kappa shape index (κ2) is 5.48. The van der Waals surface area contributed by atoms with Gasteiger partial charge >= 0.3 is 0 Å². The maximum absolute atomic E-state index is 8.94. The molecule has 2 N–H and O–H groups in total. The van der Waals surface area contributed by atoms with E-state index >= 15 is 0 Å². The molecule has 4 nitrogen and oxygen atoms in total. The molecule has 1 aliphatic rings. The van der Waals surface area contributed by atoms with Gasteiger partial charge in [0, 0.05) is 19.6 Å². The third kappa shape index (κ3) is 2.71. The minimum atomic E-state index is -0.0849. The molecule has 0 bridgehead atoms. The van der Waals surface area contributed by atoms with E-state index in [1.807, 2.05) is 0 Å². The highest BCUT2D eigenvalue weighted by atomic mass is 16.3. The summed E-state index contributed by atoms with van der Waals surface area (Å²) in [5.74, 6) is 0. The van der Waals surface area contributed by atoms with E-state index in [1.54, 1.807) is 0 Å². The van der Waals surface area contributed by atoms with Crippen molar-refractivity contribution in [1.29, 1.82) is 0 Å². The van der Waals surface area contributed by atoms with E-state index in [0.29, 0.717) is 0 Å². The number of hydrogen-bond donors (Lipinski definition) is 2. The van der Waals surface area contributed by atoms with Crippen molar-refractivity contribution in [3.8, 4) is 0 Å². The first-order valence-electron chi connectivity index (χ1n) is 4.47. The fourth-order valence-electron chi connectivity index (χ4n) is 1.46. The van der Waals surface area contributed by atoms with E-state index in [2.05, 4.69) is 10.2 Å². The Morgan fingerprint density at radius 3 is 2.58 bits per heavy atom. The minimum Gasteiger partial charge on any atom is -0.395 e. The van der Waals surface area contributed by atoms with Crippen LogP contribution in [0.25, 0.3) is 0 Å². The second-order valence-electron chi connectivity index (χ2n) is 3.08. The summed E-state index contributed by atoms with van der Waals surface area (Å²) in [6.45, 7) is 3.63. The lowest BCUT2D eigenvalue weighted by Gasteiger charge is -2.26. The zero-order valence-corrected chi connectivity index (χ0v) is 7.32. The van der Waals surface area contributed by atoms with E-state index in [0.717, 1.165) is 32.6 Å². The van der Waals surface area contributed by atoms with Crippen LogP contribution in [0.1, 0.15) is 6.42 Å². The SMILES string of the molecule is OCC(CO)N1CCC[N]CC1. The normalized spacial score (nSPS) is 21.2. The van der Waals surface area contributed by atoms with E-state index in [-0.39, 0.29) is 19.3 Å². The lowest BCUT2D eigenvalue weighted by Crippen LogP contribution is -2.42. The Morgan fingerprint density at radius 2 is 1.92 bits per heavy atom. The monoisotopic (exact) mass is 173 g/mol. The van der Waals surface area contributed by atoms with Crippen molar-refractivity contribution in [2.75, 3.05) is 39.4 Å². The first-order chi connectivity index (χ1) is 5.88. The van der Waals surface area contributed by atoms with Crippen LogP contribution >= 0.6 is 0 Å². The molecule has 1 saturated heterocycles. The van der Waals surface area contributed by atoms with Crippen LogP contribution in [0.2, 0.25) is 0 Å². The van der Waals surface area contributed by atoms with Gasteiger partial charge in [0.1, 0.15) is 0 Å². The molecule has 0 unspecified atom stereocenters. The van der Waals surface area contributed by atoms with Crippen LogP contribution in [0.15, 0.2) is 0 Å². The average molecular weight is 173 g/mol.